The van der Waals surface area contributed by atoms with Crippen molar-refractivity contribution in [3.63, 3.8) is 0 Å². The molecule has 2 heterocycles. The lowest BCUT2D eigenvalue weighted by atomic mass is 10.1. The Bertz CT molecular complexity index is 2640. The number of thiazole rings is 2. The van der Waals surface area contributed by atoms with E-state index >= 15 is 0 Å². The predicted molar refractivity (Wildman–Crippen MR) is 258 cm³/mol. The third kappa shape index (κ3) is 13.7. The van der Waals surface area contributed by atoms with Crippen molar-refractivity contribution in [2.45, 2.75) is 113 Å². The Morgan fingerprint density at radius 3 is 1.33 bits per heavy atom. The van der Waals surface area contributed by atoms with Crippen LogP contribution in [0.3, 0.4) is 0 Å². The first-order chi connectivity index (χ1) is 31.4. The van der Waals surface area contributed by atoms with Crippen LogP contribution in [0, 0.1) is 27.7 Å². The average molecular weight is 982 g/mol. The fourth-order valence-electron chi connectivity index (χ4n) is 6.59. The first-order valence-corrected chi connectivity index (χ1v) is 23.6. The lowest BCUT2D eigenvalue weighted by Gasteiger charge is -2.25. The number of hydrogen-bond acceptors (Lipinski definition) is 12. The Morgan fingerprint density at radius 1 is 0.612 bits per heavy atom. The zero-order chi connectivity index (χ0) is 49.4. The number of benzene rings is 4. The first-order valence-electron chi connectivity index (χ1n) is 21.6. The monoisotopic (exact) mass is 980 g/mol. The summed E-state index contributed by atoms with van der Waals surface area (Å²) < 4.78 is 72.8. The van der Waals surface area contributed by atoms with Gasteiger partial charge in [0.05, 0.1) is 39.9 Å². The molecule has 0 fully saturated rings. The topological polar surface area (TPSA) is 115 Å². The van der Waals surface area contributed by atoms with Crippen molar-refractivity contribution >= 4 is 46.2 Å². The van der Waals surface area contributed by atoms with E-state index in [-0.39, 0.29) is 18.8 Å². The van der Waals surface area contributed by atoms with Crippen LogP contribution in [0.15, 0.2) is 84.9 Å². The van der Waals surface area contributed by atoms with Gasteiger partial charge in [0.1, 0.15) is 45.2 Å². The van der Waals surface area contributed by atoms with Crippen LogP contribution in [0.2, 0.25) is 5.02 Å². The number of halogens is 4. The van der Waals surface area contributed by atoms with Crippen molar-refractivity contribution in [1.82, 2.24) is 9.97 Å². The average Bonchev–Trinajstić information content (AvgIpc) is 3.85. The SMILES string of the molecule is CCOC(=O)C(C)(C)Oc1ccc(OC(C)c2sc(-c3ccc(Cl)cc3)nc2C)cc1C.CCOC(=O)C(C)(C)Oc1ccc(O[C@H](C)c2sc(-c3ccc(C(F)(F)F)cc3)nc2C)cc1C. The molecule has 358 valence electrons. The van der Waals surface area contributed by atoms with Crippen molar-refractivity contribution in [2.24, 2.45) is 0 Å². The fourth-order valence-corrected chi connectivity index (χ4v) is 8.82. The maximum atomic E-state index is 12.8. The fraction of sp³-hybridized carbons (Fsp3) is 0.373. The van der Waals surface area contributed by atoms with Crippen LogP contribution >= 0.6 is 34.3 Å². The van der Waals surface area contributed by atoms with Gasteiger partial charge in [0.2, 0.25) is 0 Å². The minimum atomic E-state index is -4.38. The maximum absolute atomic E-state index is 12.8. The Labute approximate surface area is 403 Å². The molecule has 1 unspecified atom stereocenters. The van der Waals surface area contributed by atoms with Crippen LogP contribution in [0.25, 0.3) is 21.1 Å². The van der Waals surface area contributed by atoms with Crippen molar-refractivity contribution in [1.29, 1.82) is 0 Å². The van der Waals surface area contributed by atoms with E-state index in [0.29, 0.717) is 39.4 Å². The van der Waals surface area contributed by atoms with E-state index in [1.165, 1.54) is 23.5 Å². The molecule has 0 aliphatic carbocycles. The van der Waals surface area contributed by atoms with E-state index in [2.05, 4.69) is 4.98 Å². The summed E-state index contributed by atoms with van der Waals surface area (Å²) in [5.74, 6) is 1.64. The molecule has 0 bridgehead atoms. The number of aryl methyl sites for hydroxylation is 4. The summed E-state index contributed by atoms with van der Waals surface area (Å²) in [6, 6.07) is 23.5. The zero-order valence-corrected chi connectivity index (χ0v) is 42.0. The predicted octanol–water partition coefficient (Wildman–Crippen LogP) is 14.2. The summed E-state index contributed by atoms with van der Waals surface area (Å²) in [5.41, 5.74) is 2.10. The summed E-state index contributed by atoms with van der Waals surface area (Å²) in [7, 11) is 0. The third-order valence-corrected chi connectivity index (χ3v) is 13.1. The molecule has 4 aromatic carbocycles. The Hall–Kier alpha value is -5.64. The van der Waals surface area contributed by atoms with Crippen molar-refractivity contribution in [3.8, 4) is 44.1 Å². The molecule has 0 saturated heterocycles. The van der Waals surface area contributed by atoms with Gasteiger partial charge in [-0.1, -0.05) is 35.9 Å². The van der Waals surface area contributed by atoms with Crippen LogP contribution < -0.4 is 18.9 Å². The minimum Gasteiger partial charge on any atom is -0.485 e. The lowest BCUT2D eigenvalue weighted by Crippen LogP contribution is -2.39. The lowest BCUT2D eigenvalue weighted by molar-refractivity contribution is -0.159. The number of esters is 2. The second-order valence-corrected chi connectivity index (χ2v) is 19.1. The first kappa shape index (κ1) is 52.3. The molecule has 67 heavy (non-hydrogen) atoms. The molecular formula is C51H56ClF3N2O8S2. The highest BCUT2D eigenvalue weighted by Crippen LogP contribution is 2.38. The second-order valence-electron chi connectivity index (χ2n) is 16.6. The number of hydrogen-bond donors (Lipinski definition) is 0. The molecular weight excluding hydrogens is 925 g/mol. The highest BCUT2D eigenvalue weighted by atomic mass is 35.5. The molecule has 2 atom stereocenters. The molecule has 0 aliphatic rings. The van der Waals surface area contributed by atoms with Gasteiger partial charge < -0.3 is 28.4 Å². The van der Waals surface area contributed by atoms with Gasteiger partial charge in [-0.15, -0.1) is 22.7 Å². The van der Waals surface area contributed by atoms with E-state index in [4.69, 9.17) is 45.0 Å². The van der Waals surface area contributed by atoms with E-state index < -0.39 is 34.9 Å². The summed E-state index contributed by atoms with van der Waals surface area (Å²) in [4.78, 5) is 35.4. The molecule has 6 rings (SSSR count). The van der Waals surface area contributed by atoms with Gasteiger partial charge in [0.15, 0.2) is 11.2 Å². The van der Waals surface area contributed by atoms with Gasteiger partial charge in [-0.3, -0.25) is 0 Å². The van der Waals surface area contributed by atoms with E-state index in [1.807, 2.05) is 90.1 Å². The summed E-state index contributed by atoms with van der Waals surface area (Å²) >= 11 is 8.99. The van der Waals surface area contributed by atoms with Crippen LogP contribution in [-0.2, 0) is 25.2 Å². The number of nitrogens with zero attached hydrogens (tertiary/aromatic N) is 2. The van der Waals surface area contributed by atoms with Crippen molar-refractivity contribution in [2.75, 3.05) is 13.2 Å². The highest BCUT2D eigenvalue weighted by Gasteiger charge is 2.34. The zero-order valence-electron chi connectivity index (χ0n) is 39.6. The molecule has 0 spiro atoms. The standard InChI is InChI=1S/C26H28F3NO4S.C25H28ClNO4S/c1-7-32-24(31)25(5,6)34-21-13-12-20(14-15(21)2)33-17(4)22-16(3)30-23(35-22)18-8-10-19(11-9-18)26(27,28)29;1-7-29-24(28)25(5,6)31-21-13-12-20(14-15(21)2)30-17(4)22-16(3)27-23(32-22)18-8-10-19(26)11-9-18/h8-14,17H,7H2,1-6H3;8-14,17H,7H2,1-6H3/t17-;/m1./s1. The Balaban J connectivity index is 0.000000252. The van der Waals surface area contributed by atoms with E-state index in [1.54, 1.807) is 65.0 Å². The molecule has 0 amide bonds. The molecule has 16 heteroatoms. The molecule has 10 nitrogen and oxygen atoms in total. The van der Waals surface area contributed by atoms with Crippen LogP contribution in [0.4, 0.5) is 13.2 Å². The molecule has 6 aromatic rings. The molecule has 0 aliphatic heterocycles. The number of rotatable bonds is 16. The van der Waals surface area contributed by atoms with E-state index in [0.717, 1.165) is 60.7 Å². The van der Waals surface area contributed by atoms with Gasteiger partial charge in [0.25, 0.3) is 0 Å². The molecule has 2 aromatic heterocycles. The molecule has 0 radical (unpaired) electrons. The Kier molecular flexibility index (Phi) is 17.2. The largest absolute Gasteiger partial charge is 0.485 e. The summed E-state index contributed by atoms with van der Waals surface area (Å²) in [6.07, 6.45) is -4.88. The summed E-state index contributed by atoms with van der Waals surface area (Å²) in [6.45, 7) is 22.3. The van der Waals surface area contributed by atoms with Gasteiger partial charge >= 0.3 is 18.1 Å². The van der Waals surface area contributed by atoms with E-state index in [9.17, 15) is 22.8 Å². The van der Waals surface area contributed by atoms with Gasteiger partial charge in [0, 0.05) is 16.1 Å². The van der Waals surface area contributed by atoms with Gasteiger partial charge in [-0.05, 0) is 155 Å². The number of aromatic nitrogens is 2. The maximum Gasteiger partial charge on any atom is 0.416 e. The smallest absolute Gasteiger partial charge is 0.416 e. The quantitative estimate of drug-likeness (QED) is 0.0868. The highest BCUT2D eigenvalue weighted by molar-refractivity contribution is 7.15. The minimum absolute atomic E-state index is 0.171. The molecule has 0 N–H and O–H groups in total. The number of ether oxygens (including phenoxy) is 6. The third-order valence-electron chi connectivity index (χ3n) is 10.1. The van der Waals surface area contributed by atoms with Crippen molar-refractivity contribution < 1.29 is 51.2 Å². The Morgan fingerprint density at radius 2 is 0.985 bits per heavy atom. The number of carbonyl (C=O) groups is 2. The van der Waals surface area contributed by atoms with Crippen LogP contribution in [-0.4, -0.2) is 46.3 Å². The van der Waals surface area contributed by atoms with Gasteiger partial charge in [-0.25, -0.2) is 19.6 Å². The normalized spacial score (nSPS) is 12.6. The second kappa shape index (κ2) is 22.0. The van der Waals surface area contributed by atoms with Crippen molar-refractivity contribution in [3.05, 3.63) is 128 Å². The summed E-state index contributed by atoms with van der Waals surface area (Å²) in [5, 5.41) is 2.26. The van der Waals surface area contributed by atoms with Crippen LogP contribution in [0.5, 0.6) is 23.0 Å². The number of alkyl halides is 3. The number of carbonyl (C=O) groups excluding carboxylic acids is 2. The van der Waals surface area contributed by atoms with Crippen LogP contribution in [0.1, 0.15) is 105 Å². The molecule has 0 saturated carbocycles. The van der Waals surface area contributed by atoms with Gasteiger partial charge in [-0.2, -0.15) is 13.2 Å².